The molecule has 0 heterocycles. The number of nitrogens with one attached hydrogen (secondary N) is 11. The normalized spacial score (nSPS) is 14.7. The Kier molecular flexibility index (Phi) is 40.9. The largest absolute Gasteiger partial charge is 0.481 e. The van der Waals surface area contributed by atoms with Gasteiger partial charge in [0.05, 0.1) is 25.6 Å². The van der Waals surface area contributed by atoms with Gasteiger partial charge in [-0.15, -0.1) is 0 Å². The molecule has 1 rings (SSSR count). The minimum Gasteiger partial charge on any atom is -0.481 e. The van der Waals surface area contributed by atoms with Gasteiger partial charge in [-0.2, -0.15) is 23.5 Å². The molecule has 0 aliphatic carbocycles. The minimum atomic E-state index is -1.70. The van der Waals surface area contributed by atoms with E-state index in [1.54, 1.807) is 70.5 Å². The summed E-state index contributed by atoms with van der Waals surface area (Å²) in [6, 6.07) is -6.76. The second kappa shape index (κ2) is 45.6. The molecule has 0 unspecified atom stereocenters. The summed E-state index contributed by atoms with van der Waals surface area (Å²) >= 11 is 2.66. The summed E-state index contributed by atoms with van der Waals surface area (Å²) in [5.74, 6) is -14.0. The molecule has 0 saturated carbocycles. The zero-order valence-electron chi connectivity index (χ0n) is 53.9. The number of aliphatic carboxylic acids is 3. The molecule has 0 fully saturated rings. The van der Waals surface area contributed by atoms with E-state index >= 15 is 0 Å². The van der Waals surface area contributed by atoms with Crippen molar-refractivity contribution < 1.29 is 87.5 Å². The first kappa shape index (κ1) is 83.4. The number of unbranched alkanes of at least 4 members (excludes halogenated alkanes) is 2. The fourth-order valence-electron chi connectivity index (χ4n) is 8.92. The minimum absolute atomic E-state index is 0.00105. The van der Waals surface area contributed by atoms with E-state index in [1.165, 1.54) is 30.4 Å². The summed E-state index contributed by atoms with van der Waals surface area (Å²) in [4.78, 5) is 185. The van der Waals surface area contributed by atoms with Crippen LogP contribution < -0.4 is 75.7 Å². The van der Waals surface area contributed by atoms with Crippen LogP contribution in [0.1, 0.15) is 117 Å². The number of hydrogen-bond donors (Lipinski definition) is 18. The van der Waals surface area contributed by atoms with Crippen LogP contribution >= 0.6 is 23.5 Å². The Morgan fingerprint density at radius 1 is 0.473 bits per heavy atom. The summed E-state index contributed by atoms with van der Waals surface area (Å²) < 4.78 is 0. The van der Waals surface area contributed by atoms with Crippen LogP contribution in [0.5, 0.6) is 0 Å². The van der Waals surface area contributed by atoms with Gasteiger partial charge in [0, 0.05) is 12.8 Å². The molecule has 11 amide bonds. The molecule has 0 bridgehead atoms. The summed E-state index contributed by atoms with van der Waals surface area (Å²) in [7, 11) is 0. The third-order valence-electron chi connectivity index (χ3n) is 14.2. The zero-order valence-corrected chi connectivity index (χ0v) is 55.5. The van der Waals surface area contributed by atoms with Gasteiger partial charge in [0.1, 0.15) is 60.4 Å². The first-order valence-electron chi connectivity index (χ1n) is 30.7. The number of hydrogen-bond acceptors (Lipinski definition) is 20. The van der Waals surface area contributed by atoms with E-state index in [-0.39, 0.29) is 57.5 Å². The Hall–Kier alpha value is -7.66. The van der Waals surface area contributed by atoms with Gasteiger partial charge in [0.2, 0.25) is 65.0 Å². The number of aliphatic hydroxyl groups excluding tert-OH is 1. The fraction of sp³-hybridized carbons (Fsp3) is 0.661. The van der Waals surface area contributed by atoms with Crippen LogP contribution in [0.25, 0.3) is 0 Å². The molecule has 1 aromatic carbocycles. The van der Waals surface area contributed by atoms with Crippen molar-refractivity contribution in [3.8, 4) is 0 Å². The Morgan fingerprint density at radius 3 is 1.40 bits per heavy atom. The smallest absolute Gasteiger partial charge is 0.326 e. The van der Waals surface area contributed by atoms with Gasteiger partial charge in [0.25, 0.3) is 0 Å². The fourth-order valence-corrected chi connectivity index (χ4v) is 9.87. The summed E-state index contributed by atoms with van der Waals surface area (Å²) in [6.07, 6.45) is 3.24. The molecular formula is C59H98N14O18S2. The quantitative estimate of drug-likeness (QED) is 0.0281. The second-order valence-electron chi connectivity index (χ2n) is 22.8. The van der Waals surface area contributed by atoms with E-state index in [9.17, 15) is 77.3 Å². The third-order valence-corrected chi connectivity index (χ3v) is 15.4. The molecule has 1 aromatic rings. The van der Waals surface area contributed by atoms with Gasteiger partial charge in [-0.05, 0) is 126 Å². The zero-order chi connectivity index (χ0) is 70.3. The number of carbonyl (C=O) groups is 14. The van der Waals surface area contributed by atoms with Crippen molar-refractivity contribution in [2.75, 3.05) is 50.3 Å². The number of amides is 11. The summed E-state index contributed by atoms with van der Waals surface area (Å²) in [5, 5.41) is 65.7. The molecule has 32 nitrogen and oxygen atoms in total. The molecule has 0 spiro atoms. The molecule has 34 heteroatoms. The Labute approximate surface area is 550 Å². The van der Waals surface area contributed by atoms with Crippen LogP contribution in [0.3, 0.4) is 0 Å². The molecule has 524 valence electrons. The number of aliphatic hydroxyl groups is 1. The van der Waals surface area contributed by atoms with Crippen LogP contribution in [0.2, 0.25) is 0 Å². The van der Waals surface area contributed by atoms with Gasteiger partial charge in [-0.3, -0.25) is 62.3 Å². The predicted octanol–water partition coefficient (Wildman–Crippen LogP) is -3.58. The summed E-state index contributed by atoms with van der Waals surface area (Å²) in [6.45, 7) is 6.73. The van der Waals surface area contributed by atoms with Crippen molar-refractivity contribution in [3.63, 3.8) is 0 Å². The van der Waals surface area contributed by atoms with Crippen molar-refractivity contribution in [3.05, 3.63) is 35.9 Å². The molecule has 0 saturated heterocycles. The maximum atomic E-state index is 14.3. The van der Waals surface area contributed by atoms with E-state index in [0.717, 1.165) is 0 Å². The van der Waals surface area contributed by atoms with Crippen molar-refractivity contribution in [2.45, 2.75) is 185 Å². The average molecular weight is 1360 g/mol. The molecule has 93 heavy (non-hydrogen) atoms. The van der Waals surface area contributed by atoms with Gasteiger partial charge >= 0.3 is 17.9 Å². The lowest BCUT2D eigenvalue weighted by Crippen LogP contribution is -2.60. The highest BCUT2D eigenvalue weighted by Crippen LogP contribution is 2.13. The van der Waals surface area contributed by atoms with E-state index in [0.29, 0.717) is 42.8 Å². The number of nitrogens with two attached hydrogens (primary N) is 3. The Balaban J connectivity index is 3.31. The van der Waals surface area contributed by atoms with Crippen molar-refractivity contribution in [1.82, 2.24) is 58.5 Å². The van der Waals surface area contributed by atoms with E-state index in [2.05, 4.69) is 58.5 Å². The predicted molar refractivity (Wildman–Crippen MR) is 346 cm³/mol. The number of thioether (sulfide) groups is 2. The molecule has 0 radical (unpaired) electrons. The van der Waals surface area contributed by atoms with E-state index in [4.69, 9.17) is 27.4 Å². The van der Waals surface area contributed by atoms with E-state index < -0.39 is 188 Å². The molecule has 21 N–H and O–H groups in total. The molecule has 0 aliphatic heterocycles. The molecule has 0 aliphatic rings. The lowest BCUT2D eigenvalue weighted by molar-refractivity contribution is -0.143. The van der Waals surface area contributed by atoms with Crippen molar-refractivity contribution in [2.24, 2.45) is 29.0 Å². The lowest BCUT2D eigenvalue weighted by Gasteiger charge is -2.28. The Morgan fingerprint density at radius 2 is 0.925 bits per heavy atom. The Bertz CT molecular complexity index is 2630. The molecule has 0 aromatic heterocycles. The van der Waals surface area contributed by atoms with Gasteiger partial charge in [-0.25, -0.2) is 4.79 Å². The average Bonchev–Trinajstić information content (AvgIpc) is 1.08. The maximum Gasteiger partial charge on any atom is 0.326 e. The number of rotatable bonds is 48. The van der Waals surface area contributed by atoms with Gasteiger partial charge in [0.15, 0.2) is 0 Å². The number of carbonyl (C=O) groups excluding carboxylic acids is 11. The highest BCUT2D eigenvalue weighted by Gasteiger charge is 2.36. The number of carboxylic acids is 3. The third kappa shape index (κ3) is 33.7. The monoisotopic (exact) mass is 1350 g/mol. The SMILES string of the molecule is CSCC[C@H](NC(=O)[C@H](CO)NC(=O)[C@H](CC(C)C)NC(=O)CNC(=O)[C@H](CCCCN)NC(=O)[C@H](CCSC)NC(=O)[C@H](Cc1ccccc1)NC(=O)[C@@H](NC(=O)[C@@H](N)CC(=O)O)C(C)C)C(=O)N[C@@H](C)C(=O)N[C@@H](CCCCN)C(=O)N[C@@H](CCC(=O)O)C(=O)O. The first-order valence-corrected chi connectivity index (χ1v) is 33.5. The van der Waals surface area contributed by atoms with Crippen molar-refractivity contribution in [1.29, 1.82) is 0 Å². The first-order chi connectivity index (χ1) is 43.9. The van der Waals surface area contributed by atoms with Crippen LogP contribution in [-0.4, -0.2) is 220 Å². The number of benzene rings is 1. The maximum absolute atomic E-state index is 14.3. The topological polar surface area (TPSA) is 530 Å². The number of carboxylic acid groups (broad SMARTS) is 3. The van der Waals surface area contributed by atoms with Gasteiger partial charge in [-0.1, -0.05) is 58.0 Å². The van der Waals surface area contributed by atoms with Crippen LogP contribution in [0.15, 0.2) is 30.3 Å². The lowest BCUT2D eigenvalue weighted by atomic mass is 10.00. The molecule has 11 atom stereocenters. The van der Waals surface area contributed by atoms with Crippen LogP contribution in [0, 0.1) is 11.8 Å². The van der Waals surface area contributed by atoms with Gasteiger partial charge < -0.3 is 96.1 Å². The second-order valence-corrected chi connectivity index (χ2v) is 24.8. The van der Waals surface area contributed by atoms with Crippen molar-refractivity contribution >= 4 is 106 Å². The standard InChI is InChI=1S/C59H98N14O18S2/c1-32(2)27-42(55(86)72-44(31-74)57(88)69-39(21-25-92-6)52(83)64-34(5)49(80)66-38(18-12-14-24-61)53(84)70-41(59(90)91)19-20-46(76)77)65-45(75)30-63-51(82)37(17-11-13-23-60)67-54(85)40(22-26-93-7)68-56(87)43(28-35-15-9-8-10-16-35)71-58(89)48(33(3)4)73-50(81)36(62)29-47(78)79/h8-10,15-16,32-34,36-44,48,74H,11-14,17-31,60-62H2,1-7H3,(H,63,82)(H,64,83)(H,65,75)(H,66,80)(H,67,85)(H,68,87)(H,69,88)(H,70,84)(H,71,89)(H,72,86)(H,73,81)(H,76,77)(H,78,79)(H,90,91)/t34-,36-,37-,38-,39-,40-,41-,42-,43-,44-,48-/m0/s1. The van der Waals surface area contributed by atoms with Crippen LogP contribution in [0.4, 0.5) is 0 Å². The summed E-state index contributed by atoms with van der Waals surface area (Å²) in [5.41, 5.74) is 17.7. The highest BCUT2D eigenvalue weighted by molar-refractivity contribution is 7.98. The van der Waals surface area contributed by atoms with Crippen LogP contribution in [-0.2, 0) is 73.5 Å². The highest BCUT2D eigenvalue weighted by atomic mass is 32.2. The molecular weight excluding hydrogens is 1260 g/mol. The van der Waals surface area contributed by atoms with E-state index in [1.807, 2.05) is 0 Å².